The summed E-state index contributed by atoms with van der Waals surface area (Å²) in [4.78, 5) is 11.0. The quantitative estimate of drug-likeness (QED) is 0.869. The molecule has 1 atom stereocenters. The van der Waals surface area contributed by atoms with Gasteiger partial charge in [-0.25, -0.2) is 12.8 Å². The molecule has 4 nitrogen and oxygen atoms in total. The van der Waals surface area contributed by atoms with Crippen molar-refractivity contribution in [1.29, 1.82) is 0 Å². The Bertz CT molecular complexity index is 510. The average molecular weight is 260 g/mol. The SMILES string of the molecule is CS(=O)(=O)CCC(C(=O)O)c1cccc(F)c1. The fourth-order valence-corrected chi connectivity index (χ4v) is 2.15. The van der Waals surface area contributed by atoms with E-state index in [0.29, 0.717) is 0 Å². The summed E-state index contributed by atoms with van der Waals surface area (Å²) >= 11 is 0. The van der Waals surface area contributed by atoms with Gasteiger partial charge in [-0.1, -0.05) is 12.1 Å². The van der Waals surface area contributed by atoms with Gasteiger partial charge in [0.2, 0.25) is 0 Å². The molecule has 0 bridgehead atoms. The van der Waals surface area contributed by atoms with Crippen LogP contribution in [0, 0.1) is 5.82 Å². The second-order valence-electron chi connectivity index (χ2n) is 3.86. The normalized spacial score (nSPS) is 13.3. The molecule has 1 aromatic rings. The lowest BCUT2D eigenvalue weighted by atomic mass is 9.97. The van der Waals surface area contributed by atoms with Crippen LogP contribution in [0.3, 0.4) is 0 Å². The van der Waals surface area contributed by atoms with Crippen LogP contribution in [-0.4, -0.2) is 31.5 Å². The molecule has 0 saturated carbocycles. The number of sulfone groups is 1. The standard InChI is InChI=1S/C11H13FO4S/c1-17(15,16)6-5-10(11(13)14)8-3-2-4-9(12)7-8/h2-4,7,10H,5-6H2,1H3,(H,13,14). The van der Waals surface area contributed by atoms with Crippen LogP contribution in [0.25, 0.3) is 0 Å². The molecule has 1 unspecified atom stereocenters. The second-order valence-corrected chi connectivity index (χ2v) is 6.12. The molecule has 0 aliphatic carbocycles. The number of benzene rings is 1. The highest BCUT2D eigenvalue weighted by atomic mass is 32.2. The molecule has 17 heavy (non-hydrogen) atoms. The Morgan fingerprint density at radius 1 is 1.47 bits per heavy atom. The molecule has 0 aromatic heterocycles. The number of aliphatic carboxylic acids is 1. The maximum absolute atomic E-state index is 13.0. The van der Waals surface area contributed by atoms with Crippen LogP contribution in [0.4, 0.5) is 4.39 Å². The van der Waals surface area contributed by atoms with E-state index in [9.17, 15) is 17.6 Å². The highest BCUT2D eigenvalue weighted by Crippen LogP contribution is 2.21. The average Bonchev–Trinajstić information content (AvgIpc) is 2.15. The zero-order chi connectivity index (χ0) is 13.1. The molecule has 0 amide bonds. The van der Waals surface area contributed by atoms with Crippen molar-refractivity contribution < 1.29 is 22.7 Å². The van der Waals surface area contributed by atoms with E-state index in [4.69, 9.17) is 5.11 Å². The van der Waals surface area contributed by atoms with E-state index in [0.717, 1.165) is 12.3 Å². The molecule has 0 fully saturated rings. The Labute approximate surface area is 99.0 Å². The monoisotopic (exact) mass is 260 g/mol. The molecule has 0 aliphatic rings. The first-order chi connectivity index (χ1) is 7.79. The maximum atomic E-state index is 13.0. The van der Waals surface area contributed by atoms with Crippen molar-refractivity contribution in [2.75, 3.05) is 12.0 Å². The van der Waals surface area contributed by atoms with Gasteiger partial charge in [0.05, 0.1) is 11.7 Å². The largest absolute Gasteiger partial charge is 0.481 e. The van der Waals surface area contributed by atoms with Crippen molar-refractivity contribution in [2.24, 2.45) is 0 Å². The smallest absolute Gasteiger partial charge is 0.311 e. The van der Waals surface area contributed by atoms with Gasteiger partial charge < -0.3 is 5.11 Å². The number of carbonyl (C=O) groups is 1. The first kappa shape index (κ1) is 13.6. The summed E-state index contributed by atoms with van der Waals surface area (Å²) < 4.78 is 34.9. The van der Waals surface area contributed by atoms with E-state index < -0.39 is 27.5 Å². The van der Waals surface area contributed by atoms with Crippen molar-refractivity contribution in [3.05, 3.63) is 35.6 Å². The van der Waals surface area contributed by atoms with E-state index in [1.54, 1.807) is 0 Å². The fraction of sp³-hybridized carbons (Fsp3) is 0.364. The summed E-state index contributed by atoms with van der Waals surface area (Å²) in [7, 11) is -3.23. The minimum atomic E-state index is -3.23. The molecule has 0 saturated heterocycles. The number of hydrogen-bond donors (Lipinski definition) is 1. The van der Waals surface area contributed by atoms with Crippen LogP contribution in [-0.2, 0) is 14.6 Å². The predicted molar refractivity (Wildman–Crippen MR) is 61.1 cm³/mol. The molecular weight excluding hydrogens is 247 g/mol. The summed E-state index contributed by atoms with van der Waals surface area (Å²) in [6.45, 7) is 0. The van der Waals surface area contributed by atoms with Gasteiger partial charge in [0.25, 0.3) is 0 Å². The highest BCUT2D eigenvalue weighted by molar-refractivity contribution is 7.90. The lowest BCUT2D eigenvalue weighted by Gasteiger charge is -2.11. The van der Waals surface area contributed by atoms with Gasteiger partial charge in [-0.15, -0.1) is 0 Å². The van der Waals surface area contributed by atoms with E-state index in [2.05, 4.69) is 0 Å². The van der Waals surface area contributed by atoms with Crippen LogP contribution in [0.1, 0.15) is 17.9 Å². The van der Waals surface area contributed by atoms with Crippen molar-refractivity contribution in [1.82, 2.24) is 0 Å². The van der Waals surface area contributed by atoms with Gasteiger partial charge in [0, 0.05) is 6.26 Å². The van der Waals surface area contributed by atoms with Crippen molar-refractivity contribution in [2.45, 2.75) is 12.3 Å². The fourth-order valence-electron chi connectivity index (χ4n) is 1.49. The Morgan fingerprint density at radius 3 is 2.59 bits per heavy atom. The summed E-state index contributed by atoms with van der Waals surface area (Å²) in [6.07, 6.45) is 0.981. The topological polar surface area (TPSA) is 71.4 Å². The van der Waals surface area contributed by atoms with Gasteiger partial charge in [-0.2, -0.15) is 0 Å². The molecule has 0 heterocycles. The third-order valence-corrected chi connectivity index (χ3v) is 3.30. The van der Waals surface area contributed by atoms with Crippen LogP contribution in [0.2, 0.25) is 0 Å². The zero-order valence-corrected chi connectivity index (χ0v) is 10.1. The summed E-state index contributed by atoms with van der Waals surface area (Å²) in [5, 5.41) is 9.00. The molecule has 1 aromatic carbocycles. The lowest BCUT2D eigenvalue weighted by molar-refractivity contribution is -0.138. The predicted octanol–water partition coefficient (Wildman–Crippen LogP) is 1.43. The van der Waals surface area contributed by atoms with Crippen LogP contribution < -0.4 is 0 Å². The first-order valence-corrected chi connectivity index (χ1v) is 7.01. The van der Waals surface area contributed by atoms with Crippen molar-refractivity contribution in [3.8, 4) is 0 Å². The van der Waals surface area contributed by atoms with Crippen LogP contribution >= 0.6 is 0 Å². The first-order valence-electron chi connectivity index (χ1n) is 4.95. The maximum Gasteiger partial charge on any atom is 0.311 e. The number of halogens is 1. The molecule has 1 N–H and O–H groups in total. The van der Waals surface area contributed by atoms with Gasteiger partial charge in [-0.05, 0) is 24.1 Å². The van der Waals surface area contributed by atoms with Crippen molar-refractivity contribution >= 4 is 15.8 Å². The lowest BCUT2D eigenvalue weighted by Crippen LogP contribution is -2.16. The zero-order valence-electron chi connectivity index (χ0n) is 9.26. The number of hydrogen-bond acceptors (Lipinski definition) is 3. The van der Waals surface area contributed by atoms with E-state index in [1.807, 2.05) is 0 Å². The number of carboxylic acid groups (broad SMARTS) is 1. The number of carboxylic acids is 1. The molecular formula is C11H13FO4S. The number of rotatable bonds is 5. The summed E-state index contributed by atoms with van der Waals surface area (Å²) in [5.74, 6) is -2.92. The van der Waals surface area contributed by atoms with E-state index in [-0.39, 0.29) is 17.7 Å². The van der Waals surface area contributed by atoms with Gasteiger partial charge in [0.15, 0.2) is 0 Å². The molecule has 1 rings (SSSR count). The minimum absolute atomic E-state index is 0.0579. The van der Waals surface area contributed by atoms with Gasteiger partial charge in [0.1, 0.15) is 15.7 Å². The Morgan fingerprint density at radius 2 is 2.12 bits per heavy atom. The molecule has 0 radical (unpaired) electrons. The van der Waals surface area contributed by atoms with Crippen LogP contribution in [0.15, 0.2) is 24.3 Å². The minimum Gasteiger partial charge on any atom is -0.481 e. The van der Waals surface area contributed by atoms with Gasteiger partial charge in [-0.3, -0.25) is 4.79 Å². The molecule has 94 valence electrons. The Balaban J connectivity index is 2.91. The summed E-state index contributed by atoms with van der Waals surface area (Å²) in [6, 6.07) is 5.20. The molecule has 0 aliphatic heterocycles. The van der Waals surface area contributed by atoms with Crippen molar-refractivity contribution in [3.63, 3.8) is 0 Å². The molecule has 0 spiro atoms. The molecule has 6 heteroatoms. The second kappa shape index (κ2) is 5.27. The third-order valence-electron chi connectivity index (χ3n) is 2.33. The Hall–Kier alpha value is -1.43. The third kappa shape index (κ3) is 4.52. The van der Waals surface area contributed by atoms with E-state index in [1.165, 1.54) is 18.2 Å². The van der Waals surface area contributed by atoms with Gasteiger partial charge >= 0.3 is 5.97 Å². The van der Waals surface area contributed by atoms with Crippen LogP contribution in [0.5, 0.6) is 0 Å². The highest BCUT2D eigenvalue weighted by Gasteiger charge is 2.21. The Kier molecular flexibility index (Phi) is 4.22. The summed E-state index contributed by atoms with van der Waals surface area (Å²) in [5.41, 5.74) is 0.279. The van der Waals surface area contributed by atoms with E-state index >= 15 is 0 Å².